The Hall–Kier alpha value is -0.870. The second-order valence-electron chi connectivity index (χ2n) is 3.92. The summed E-state index contributed by atoms with van der Waals surface area (Å²) in [7, 11) is 0. The fourth-order valence-electron chi connectivity index (χ4n) is 1.42. The lowest BCUT2D eigenvalue weighted by Gasteiger charge is -2.18. The van der Waals surface area contributed by atoms with Gasteiger partial charge < -0.3 is 15.5 Å². The molecule has 16 heavy (non-hydrogen) atoms. The van der Waals surface area contributed by atoms with E-state index >= 15 is 0 Å². The number of hydrogen-bond donors (Lipinski definition) is 3. The zero-order chi connectivity index (χ0) is 12.1. The lowest BCUT2D eigenvalue weighted by atomic mass is 10.1. The van der Waals surface area contributed by atoms with Crippen molar-refractivity contribution >= 4 is 11.8 Å². The molecule has 0 fully saturated rings. The summed E-state index contributed by atoms with van der Waals surface area (Å²) in [5.74, 6) is 0.397. The zero-order valence-electron chi connectivity index (χ0n) is 9.90. The third-order valence-electron chi connectivity index (χ3n) is 2.59. The average molecular weight is 241 g/mol. The smallest absolute Gasteiger partial charge is 0.120 e. The van der Waals surface area contributed by atoms with Crippen LogP contribution in [0.3, 0.4) is 0 Å². The standard InChI is InChI=1S/C12H19NO2S/c1-8(16-3)7-13-9(2)11-6-10(14)4-5-12(11)15/h4-6,8-9,13-15H,7H2,1-3H3. The van der Waals surface area contributed by atoms with Gasteiger partial charge in [-0.05, 0) is 31.4 Å². The molecule has 0 aliphatic rings. The molecule has 3 nitrogen and oxygen atoms in total. The summed E-state index contributed by atoms with van der Waals surface area (Å²) in [5, 5.41) is 22.9. The minimum Gasteiger partial charge on any atom is -0.508 e. The second-order valence-corrected chi connectivity index (χ2v) is 5.20. The summed E-state index contributed by atoms with van der Waals surface area (Å²) in [4.78, 5) is 0. The summed E-state index contributed by atoms with van der Waals surface area (Å²) >= 11 is 1.79. The molecule has 0 bridgehead atoms. The first-order valence-corrected chi connectivity index (χ1v) is 6.61. The first-order valence-electron chi connectivity index (χ1n) is 5.32. The molecule has 0 saturated carbocycles. The van der Waals surface area contributed by atoms with Crippen LogP contribution in [0.25, 0.3) is 0 Å². The van der Waals surface area contributed by atoms with E-state index in [1.807, 2.05) is 6.92 Å². The number of aromatic hydroxyl groups is 2. The third kappa shape index (κ3) is 3.61. The van der Waals surface area contributed by atoms with Gasteiger partial charge in [-0.3, -0.25) is 0 Å². The molecule has 4 heteroatoms. The van der Waals surface area contributed by atoms with E-state index in [4.69, 9.17) is 0 Å². The topological polar surface area (TPSA) is 52.5 Å². The predicted octanol–water partition coefficient (Wildman–Crippen LogP) is 2.50. The molecule has 1 rings (SSSR count). The highest BCUT2D eigenvalue weighted by Gasteiger charge is 2.11. The van der Waals surface area contributed by atoms with E-state index < -0.39 is 0 Å². The first-order chi connectivity index (χ1) is 7.54. The molecular weight excluding hydrogens is 222 g/mol. The maximum atomic E-state index is 9.67. The van der Waals surface area contributed by atoms with Gasteiger partial charge in [-0.1, -0.05) is 6.92 Å². The van der Waals surface area contributed by atoms with Crippen molar-refractivity contribution in [3.05, 3.63) is 23.8 Å². The van der Waals surface area contributed by atoms with Crippen molar-refractivity contribution in [1.29, 1.82) is 0 Å². The van der Waals surface area contributed by atoms with E-state index in [2.05, 4.69) is 18.5 Å². The van der Waals surface area contributed by atoms with Gasteiger partial charge in [-0.25, -0.2) is 0 Å². The fourth-order valence-corrected chi connectivity index (χ4v) is 1.69. The molecule has 0 aliphatic carbocycles. The van der Waals surface area contributed by atoms with Crippen molar-refractivity contribution in [1.82, 2.24) is 5.32 Å². The SMILES string of the molecule is CSC(C)CNC(C)c1cc(O)ccc1O. The molecule has 1 aromatic rings. The van der Waals surface area contributed by atoms with Crippen LogP contribution in [-0.4, -0.2) is 28.3 Å². The third-order valence-corrected chi connectivity index (χ3v) is 3.56. The first kappa shape index (κ1) is 13.2. The van der Waals surface area contributed by atoms with E-state index in [0.29, 0.717) is 5.25 Å². The minimum absolute atomic E-state index is 0.0294. The number of benzene rings is 1. The van der Waals surface area contributed by atoms with E-state index in [-0.39, 0.29) is 17.5 Å². The monoisotopic (exact) mass is 241 g/mol. The van der Waals surface area contributed by atoms with E-state index in [0.717, 1.165) is 12.1 Å². The Morgan fingerprint density at radius 1 is 1.31 bits per heavy atom. The molecule has 3 N–H and O–H groups in total. The Morgan fingerprint density at radius 3 is 2.62 bits per heavy atom. The van der Waals surface area contributed by atoms with Crippen molar-refractivity contribution in [2.24, 2.45) is 0 Å². The van der Waals surface area contributed by atoms with Gasteiger partial charge in [-0.2, -0.15) is 11.8 Å². The summed E-state index contributed by atoms with van der Waals surface area (Å²) in [6, 6.07) is 4.62. The Balaban J connectivity index is 2.65. The van der Waals surface area contributed by atoms with Crippen LogP contribution in [0.15, 0.2) is 18.2 Å². The Labute approximate surface area is 101 Å². The molecule has 1 aromatic carbocycles. The van der Waals surface area contributed by atoms with E-state index in [1.165, 1.54) is 12.1 Å². The minimum atomic E-state index is 0.0294. The second kappa shape index (κ2) is 6.01. The van der Waals surface area contributed by atoms with Gasteiger partial charge in [0.15, 0.2) is 0 Å². The lowest BCUT2D eigenvalue weighted by Crippen LogP contribution is -2.25. The highest BCUT2D eigenvalue weighted by atomic mass is 32.2. The highest BCUT2D eigenvalue weighted by molar-refractivity contribution is 7.99. The van der Waals surface area contributed by atoms with Gasteiger partial charge in [-0.15, -0.1) is 0 Å². The maximum Gasteiger partial charge on any atom is 0.120 e. The number of hydrogen-bond acceptors (Lipinski definition) is 4. The van der Waals surface area contributed by atoms with Crippen LogP contribution in [0.2, 0.25) is 0 Å². The number of nitrogens with one attached hydrogen (secondary N) is 1. The summed E-state index contributed by atoms with van der Waals surface area (Å²) in [6.45, 7) is 4.99. The van der Waals surface area contributed by atoms with Crippen LogP contribution in [-0.2, 0) is 0 Å². The molecule has 2 unspecified atom stereocenters. The van der Waals surface area contributed by atoms with Gasteiger partial charge in [0, 0.05) is 23.4 Å². The van der Waals surface area contributed by atoms with Crippen molar-refractivity contribution in [3.8, 4) is 11.5 Å². The molecule has 0 saturated heterocycles. The number of rotatable bonds is 5. The van der Waals surface area contributed by atoms with Crippen LogP contribution in [0.1, 0.15) is 25.5 Å². The Morgan fingerprint density at radius 2 is 2.00 bits per heavy atom. The van der Waals surface area contributed by atoms with Crippen LogP contribution in [0.5, 0.6) is 11.5 Å². The Bertz CT molecular complexity index is 344. The van der Waals surface area contributed by atoms with Gasteiger partial charge in [0.05, 0.1) is 0 Å². The molecular formula is C12H19NO2S. The van der Waals surface area contributed by atoms with Crippen molar-refractivity contribution in [3.63, 3.8) is 0 Å². The van der Waals surface area contributed by atoms with E-state index in [1.54, 1.807) is 17.8 Å². The predicted molar refractivity (Wildman–Crippen MR) is 69.2 cm³/mol. The van der Waals surface area contributed by atoms with Crippen LogP contribution in [0, 0.1) is 0 Å². The molecule has 0 aromatic heterocycles. The molecule has 0 spiro atoms. The molecule has 0 amide bonds. The number of phenols is 2. The highest BCUT2D eigenvalue weighted by Crippen LogP contribution is 2.27. The van der Waals surface area contributed by atoms with Crippen molar-refractivity contribution < 1.29 is 10.2 Å². The normalized spacial score (nSPS) is 14.7. The quantitative estimate of drug-likeness (QED) is 0.693. The van der Waals surface area contributed by atoms with Crippen molar-refractivity contribution in [2.45, 2.75) is 25.1 Å². The lowest BCUT2D eigenvalue weighted by molar-refractivity contribution is 0.441. The molecule has 0 radical (unpaired) electrons. The van der Waals surface area contributed by atoms with Gasteiger partial charge in [0.2, 0.25) is 0 Å². The van der Waals surface area contributed by atoms with Gasteiger partial charge in [0.25, 0.3) is 0 Å². The van der Waals surface area contributed by atoms with Gasteiger partial charge in [0.1, 0.15) is 11.5 Å². The summed E-state index contributed by atoms with van der Waals surface area (Å²) in [5.41, 5.74) is 0.730. The maximum absolute atomic E-state index is 9.67. The summed E-state index contributed by atoms with van der Waals surface area (Å²) < 4.78 is 0. The molecule has 0 aliphatic heterocycles. The summed E-state index contributed by atoms with van der Waals surface area (Å²) in [6.07, 6.45) is 2.07. The molecule has 90 valence electrons. The van der Waals surface area contributed by atoms with Crippen molar-refractivity contribution in [2.75, 3.05) is 12.8 Å². The zero-order valence-corrected chi connectivity index (χ0v) is 10.7. The van der Waals surface area contributed by atoms with Gasteiger partial charge >= 0.3 is 0 Å². The number of phenolic OH excluding ortho intramolecular Hbond substituents is 2. The van der Waals surface area contributed by atoms with Crippen LogP contribution < -0.4 is 5.32 Å². The average Bonchev–Trinajstić information content (AvgIpc) is 2.28. The van der Waals surface area contributed by atoms with E-state index in [9.17, 15) is 10.2 Å². The molecule has 0 heterocycles. The number of thioether (sulfide) groups is 1. The largest absolute Gasteiger partial charge is 0.508 e. The Kier molecular flexibility index (Phi) is 4.96. The molecule has 2 atom stereocenters. The van der Waals surface area contributed by atoms with Crippen LogP contribution >= 0.6 is 11.8 Å². The van der Waals surface area contributed by atoms with Crippen LogP contribution in [0.4, 0.5) is 0 Å². The fraction of sp³-hybridized carbons (Fsp3) is 0.500.